The molecule has 0 unspecified atom stereocenters. The van der Waals surface area contributed by atoms with E-state index in [4.69, 9.17) is 18.9 Å². The van der Waals surface area contributed by atoms with Crippen LogP contribution in [0.25, 0.3) is 0 Å². The number of rotatable bonds is 10. The maximum Gasteiger partial charge on any atom is 0.186 e. The number of carbonyl (C=O) groups excluding carboxylic acids is 1. The Morgan fingerprint density at radius 3 is 2.16 bits per heavy atom. The molecule has 6 rings (SSSR count). The van der Waals surface area contributed by atoms with Crippen LogP contribution in [0.3, 0.4) is 0 Å². The van der Waals surface area contributed by atoms with E-state index in [9.17, 15) is 50.8 Å². The third-order valence-electron chi connectivity index (χ3n) is 15.7. The lowest BCUT2D eigenvalue weighted by molar-refractivity contribution is -0.323. The summed E-state index contributed by atoms with van der Waals surface area (Å²) in [6.45, 7) is 13.1. The van der Waals surface area contributed by atoms with Gasteiger partial charge in [0, 0.05) is 17.8 Å². The second-order valence-electron chi connectivity index (χ2n) is 19.9. The van der Waals surface area contributed by atoms with Crippen LogP contribution in [0.5, 0.6) is 0 Å². The molecule has 0 radical (unpaired) electrons. The molecule has 55 heavy (non-hydrogen) atoms. The van der Waals surface area contributed by atoms with Gasteiger partial charge in [-0.2, -0.15) is 0 Å². The average Bonchev–Trinajstić information content (AvgIpc) is 3.41. The Morgan fingerprint density at radius 2 is 1.51 bits per heavy atom. The van der Waals surface area contributed by atoms with Crippen molar-refractivity contribution in [2.24, 2.45) is 45.3 Å². The van der Waals surface area contributed by atoms with Crippen molar-refractivity contribution in [3.8, 4) is 0 Å². The van der Waals surface area contributed by atoms with Crippen LogP contribution in [0.2, 0.25) is 0 Å². The van der Waals surface area contributed by atoms with Crippen molar-refractivity contribution < 1.29 is 69.7 Å². The molecule has 14 nitrogen and oxygen atoms in total. The summed E-state index contributed by atoms with van der Waals surface area (Å²) in [4.78, 5) is 14.5. The highest BCUT2D eigenvalue weighted by atomic mass is 16.7. The third kappa shape index (κ3) is 7.31. The Balaban J connectivity index is 1.33. The van der Waals surface area contributed by atoms with Gasteiger partial charge in [0.05, 0.1) is 37.1 Å². The minimum atomic E-state index is -1.62. The van der Waals surface area contributed by atoms with Crippen LogP contribution in [-0.4, -0.2) is 144 Å². The van der Waals surface area contributed by atoms with Crippen molar-refractivity contribution in [3.05, 3.63) is 12.2 Å². The van der Waals surface area contributed by atoms with Gasteiger partial charge >= 0.3 is 0 Å². The summed E-state index contributed by atoms with van der Waals surface area (Å²) < 4.78 is 24.3. The van der Waals surface area contributed by atoms with E-state index >= 15 is 0 Å². The molecule has 0 aromatic heterocycles. The van der Waals surface area contributed by atoms with Crippen LogP contribution in [0, 0.1) is 45.3 Å². The lowest BCUT2D eigenvalue weighted by Crippen LogP contribution is -2.66. The Bertz CT molecular complexity index is 1410. The monoisotopic (exact) mass is 784 g/mol. The zero-order chi connectivity index (χ0) is 40.7. The summed E-state index contributed by atoms with van der Waals surface area (Å²) in [5.74, 6) is -0.855. The van der Waals surface area contributed by atoms with E-state index in [-0.39, 0.29) is 66.5 Å². The molecule has 6 aliphatic rings. The van der Waals surface area contributed by atoms with Crippen LogP contribution in [-0.2, 0) is 23.7 Å². The fourth-order valence-electron chi connectivity index (χ4n) is 12.8. The van der Waals surface area contributed by atoms with Crippen molar-refractivity contribution in [2.45, 2.75) is 172 Å². The highest BCUT2D eigenvalue weighted by Crippen LogP contribution is 2.75. The number of ketones is 1. The summed E-state index contributed by atoms with van der Waals surface area (Å²) >= 11 is 0. The molecule has 2 aliphatic heterocycles. The fourth-order valence-corrected chi connectivity index (χ4v) is 12.8. The van der Waals surface area contributed by atoms with Gasteiger partial charge in [-0.25, -0.2) is 0 Å². The first-order chi connectivity index (χ1) is 25.4. The predicted octanol–water partition coefficient (Wildman–Crippen LogP) is 0.940. The first-order valence-electron chi connectivity index (χ1n) is 20.3. The smallest absolute Gasteiger partial charge is 0.186 e. The largest absolute Gasteiger partial charge is 0.394 e. The number of aliphatic hydroxyl groups excluding tert-OH is 7. The fraction of sp³-hybridized carbons (Fsp3) is 0.927. The third-order valence-corrected chi connectivity index (χ3v) is 15.7. The Labute approximate surface area is 324 Å². The highest BCUT2D eigenvalue weighted by molar-refractivity contribution is 5.86. The van der Waals surface area contributed by atoms with Crippen LogP contribution < -0.4 is 0 Å². The number of hydrogen-bond acceptors (Lipinski definition) is 14. The van der Waals surface area contributed by atoms with Crippen LogP contribution in [0.4, 0.5) is 0 Å². The molecule has 18 atom stereocenters. The maximum absolute atomic E-state index is 14.5. The standard InChI is InChI=1S/C41H68O14/c1-36(2,50)13-8-14-40(7,51)28-21-9-10-26-38(5)15-12-27(55-34-32(48)29(45)23(44)19-52-34)37(3,4)25(38)11-16-39(26,6)41(21,17-22(28)43)20-53-35-33(49)31(47)30(46)24(18-42)54-35/h8,13,21,23-35,42,44-51H,9-12,14-20H2,1-7H3/b13-8+/t21-,23+,24+,25-,26+,27+,28-,29-,30+,31-,32+,33+,34-,35+,38+,39-,40+,41+/m1/s1. The van der Waals surface area contributed by atoms with Gasteiger partial charge in [-0.3, -0.25) is 4.79 Å². The zero-order valence-electron chi connectivity index (χ0n) is 33.6. The first kappa shape index (κ1) is 43.5. The molecule has 14 heteroatoms. The van der Waals surface area contributed by atoms with E-state index in [1.54, 1.807) is 32.9 Å². The minimum absolute atomic E-state index is 0.0217. The van der Waals surface area contributed by atoms with Gasteiger partial charge < -0.3 is 64.9 Å². The molecule has 2 heterocycles. The second kappa shape index (κ2) is 15.2. The molecule has 0 aromatic rings. The molecular weight excluding hydrogens is 716 g/mol. The van der Waals surface area contributed by atoms with Crippen molar-refractivity contribution in [3.63, 3.8) is 0 Å². The van der Waals surface area contributed by atoms with Crippen molar-refractivity contribution in [1.82, 2.24) is 0 Å². The molecule has 6 fully saturated rings. The van der Waals surface area contributed by atoms with Crippen LogP contribution in [0.15, 0.2) is 12.2 Å². The summed E-state index contributed by atoms with van der Waals surface area (Å²) in [6, 6.07) is 0. The summed E-state index contributed by atoms with van der Waals surface area (Å²) in [7, 11) is 0. The van der Waals surface area contributed by atoms with Gasteiger partial charge in [0.1, 0.15) is 48.5 Å². The van der Waals surface area contributed by atoms with Crippen LogP contribution in [0.1, 0.15) is 99.8 Å². The molecule has 4 saturated carbocycles. The number of aliphatic hydroxyl groups is 9. The van der Waals surface area contributed by atoms with Crippen molar-refractivity contribution >= 4 is 5.78 Å². The van der Waals surface area contributed by atoms with Crippen molar-refractivity contribution in [1.29, 1.82) is 0 Å². The lowest BCUT2D eigenvalue weighted by Gasteiger charge is -2.70. The Morgan fingerprint density at radius 1 is 0.836 bits per heavy atom. The van der Waals surface area contributed by atoms with Gasteiger partial charge in [-0.1, -0.05) is 39.8 Å². The molecule has 0 aromatic carbocycles. The summed E-state index contributed by atoms with van der Waals surface area (Å²) in [6.07, 6.45) is -4.69. The normalized spacial score (nSPS) is 49.9. The molecule has 0 bridgehead atoms. The van der Waals surface area contributed by atoms with E-state index in [1.807, 2.05) is 0 Å². The zero-order valence-corrected chi connectivity index (χ0v) is 33.6. The molecule has 316 valence electrons. The SMILES string of the molecule is CC(C)(O)/C=C/C[C@](C)(O)[C@H]1C(=O)C[C@]2(CO[C@H]3O[C@@H](CO)[C@H](O)[C@@H](O)[C@@H]3O)[C@@H]1CC[C@H]1[C@@]3(C)CC[C@H](O[C@H]4OC[C@H](O)[C@@H](O)[C@@H]4O)C(C)(C)[C@H]3CC[C@]12C. The maximum atomic E-state index is 14.5. The lowest BCUT2D eigenvalue weighted by atomic mass is 9.35. The molecule has 0 spiro atoms. The van der Waals surface area contributed by atoms with Gasteiger partial charge in [-0.05, 0) is 99.7 Å². The molecule has 2 saturated heterocycles. The summed E-state index contributed by atoms with van der Waals surface area (Å²) in [5.41, 5.74) is -4.46. The summed E-state index contributed by atoms with van der Waals surface area (Å²) in [5, 5.41) is 95.4. The molecular formula is C41H68O14. The Kier molecular flexibility index (Phi) is 12.0. The Hall–Kier alpha value is -1.11. The number of carbonyl (C=O) groups is 1. The van der Waals surface area contributed by atoms with Gasteiger partial charge in [0.15, 0.2) is 12.6 Å². The van der Waals surface area contributed by atoms with Gasteiger partial charge in [-0.15, -0.1) is 0 Å². The average molecular weight is 785 g/mol. The van der Waals surface area contributed by atoms with Gasteiger partial charge in [0.25, 0.3) is 0 Å². The van der Waals surface area contributed by atoms with E-state index < -0.39 is 89.9 Å². The quantitative estimate of drug-likeness (QED) is 0.111. The predicted molar refractivity (Wildman–Crippen MR) is 197 cm³/mol. The minimum Gasteiger partial charge on any atom is -0.394 e. The van der Waals surface area contributed by atoms with E-state index in [0.717, 1.165) is 25.7 Å². The number of fused-ring (bicyclic) bond motifs is 5. The second-order valence-corrected chi connectivity index (χ2v) is 19.9. The number of hydrogen-bond donors (Lipinski definition) is 9. The molecule has 9 N–H and O–H groups in total. The van der Waals surface area contributed by atoms with E-state index in [2.05, 4.69) is 27.7 Å². The van der Waals surface area contributed by atoms with Crippen molar-refractivity contribution in [2.75, 3.05) is 19.8 Å². The van der Waals surface area contributed by atoms with Gasteiger partial charge in [0.2, 0.25) is 0 Å². The molecule has 0 amide bonds. The first-order valence-corrected chi connectivity index (χ1v) is 20.3. The van der Waals surface area contributed by atoms with E-state index in [0.29, 0.717) is 12.8 Å². The number of ether oxygens (including phenoxy) is 4. The van der Waals surface area contributed by atoms with Crippen LogP contribution >= 0.6 is 0 Å². The topological polar surface area (TPSA) is 236 Å². The highest BCUT2D eigenvalue weighted by Gasteiger charge is 2.73. The number of Topliss-reactive ketones (excluding diaryl/α,β-unsaturated/α-hetero) is 1. The van der Waals surface area contributed by atoms with E-state index in [1.165, 1.54) is 0 Å². The molecule has 4 aliphatic carbocycles.